The molecule has 0 atom stereocenters. The molecule has 102 valence electrons. The van der Waals surface area contributed by atoms with Gasteiger partial charge in [-0.05, 0) is 25.0 Å². The van der Waals surface area contributed by atoms with Gasteiger partial charge < -0.3 is 10.6 Å². The summed E-state index contributed by atoms with van der Waals surface area (Å²) in [7, 11) is 0. The second-order valence-corrected chi connectivity index (χ2v) is 6.15. The molecule has 2 N–H and O–H groups in total. The molecule has 1 aliphatic heterocycles. The van der Waals surface area contributed by atoms with Crippen molar-refractivity contribution in [1.29, 1.82) is 0 Å². The van der Waals surface area contributed by atoms with Crippen LogP contribution in [0.4, 0.5) is 0 Å². The molecule has 0 bridgehead atoms. The highest BCUT2D eigenvalue weighted by Gasteiger charge is 2.26. The molecule has 0 unspecified atom stereocenters. The molecule has 4 nitrogen and oxygen atoms in total. The van der Waals surface area contributed by atoms with Crippen LogP contribution >= 0.6 is 23.4 Å². The highest BCUT2D eigenvalue weighted by atomic mass is 35.5. The van der Waals surface area contributed by atoms with E-state index in [4.69, 9.17) is 17.3 Å². The summed E-state index contributed by atoms with van der Waals surface area (Å²) in [5.74, 6) is -1.46. The van der Waals surface area contributed by atoms with E-state index in [9.17, 15) is 9.59 Å². The number of hydrogen-bond acceptors (Lipinski definition) is 3. The van der Waals surface area contributed by atoms with E-state index in [1.54, 1.807) is 11.8 Å². The highest BCUT2D eigenvalue weighted by molar-refractivity contribution is 8.00. The van der Waals surface area contributed by atoms with E-state index in [1.807, 2.05) is 24.3 Å². The lowest BCUT2D eigenvalue weighted by atomic mass is 10.1. The summed E-state index contributed by atoms with van der Waals surface area (Å²) >= 11 is 7.84. The molecule has 0 aliphatic carbocycles. The van der Waals surface area contributed by atoms with Crippen LogP contribution in [0.5, 0.6) is 0 Å². The maximum absolute atomic E-state index is 11.4. The van der Waals surface area contributed by atoms with Crippen molar-refractivity contribution in [3.05, 3.63) is 29.3 Å². The SMILES string of the molecule is NC(=O)C(=O)N1CCC(Sc2ccccc2Cl)CC1. The first-order chi connectivity index (χ1) is 9.08. The number of nitrogens with two attached hydrogens (primary N) is 1. The van der Waals surface area contributed by atoms with Crippen LogP contribution in [0.2, 0.25) is 5.02 Å². The number of primary amides is 1. The number of halogens is 1. The fourth-order valence-corrected chi connectivity index (χ4v) is 3.47. The first kappa shape index (κ1) is 14.2. The number of likely N-dealkylation sites (tertiary alicyclic amines) is 1. The third-order valence-corrected chi connectivity index (χ3v) is 4.93. The molecular weight excluding hydrogens is 284 g/mol. The van der Waals surface area contributed by atoms with Gasteiger partial charge in [0.2, 0.25) is 0 Å². The first-order valence-electron chi connectivity index (χ1n) is 6.08. The second kappa shape index (κ2) is 6.30. The molecule has 1 aliphatic rings. The van der Waals surface area contributed by atoms with Gasteiger partial charge in [0.1, 0.15) is 0 Å². The molecular formula is C13H15ClN2O2S. The minimum absolute atomic E-state index is 0.414. The predicted octanol–water partition coefficient (Wildman–Crippen LogP) is 1.91. The maximum Gasteiger partial charge on any atom is 0.311 e. The molecule has 1 aromatic carbocycles. The van der Waals surface area contributed by atoms with Gasteiger partial charge in [-0.3, -0.25) is 9.59 Å². The molecule has 2 rings (SSSR count). The largest absolute Gasteiger partial charge is 0.361 e. The molecule has 1 saturated heterocycles. The first-order valence-corrected chi connectivity index (χ1v) is 7.33. The van der Waals surface area contributed by atoms with E-state index >= 15 is 0 Å². The monoisotopic (exact) mass is 298 g/mol. The molecule has 19 heavy (non-hydrogen) atoms. The lowest BCUT2D eigenvalue weighted by Crippen LogP contribution is -2.45. The summed E-state index contributed by atoms with van der Waals surface area (Å²) in [6, 6.07) is 7.73. The Hall–Kier alpha value is -1.20. The summed E-state index contributed by atoms with van der Waals surface area (Å²) in [6.45, 7) is 1.15. The number of hydrogen-bond donors (Lipinski definition) is 1. The second-order valence-electron chi connectivity index (χ2n) is 4.40. The van der Waals surface area contributed by atoms with Crippen molar-refractivity contribution in [2.75, 3.05) is 13.1 Å². The van der Waals surface area contributed by atoms with Crippen LogP contribution in [0.25, 0.3) is 0 Å². The standard InChI is InChI=1S/C13H15ClN2O2S/c14-10-3-1-2-4-11(10)19-9-5-7-16(8-6-9)13(18)12(15)17/h1-4,9H,5-8H2,(H2,15,17). The van der Waals surface area contributed by atoms with Gasteiger partial charge in [0, 0.05) is 23.2 Å². The number of thioether (sulfide) groups is 1. The molecule has 1 aromatic rings. The lowest BCUT2D eigenvalue weighted by Gasteiger charge is -2.30. The maximum atomic E-state index is 11.4. The smallest absolute Gasteiger partial charge is 0.311 e. The zero-order valence-electron chi connectivity index (χ0n) is 10.3. The summed E-state index contributed by atoms with van der Waals surface area (Å²) in [5, 5.41) is 1.17. The van der Waals surface area contributed by atoms with Crippen LogP contribution in [0, 0.1) is 0 Å². The molecule has 0 saturated carbocycles. The Morgan fingerprint density at radius 2 is 1.89 bits per heavy atom. The average Bonchev–Trinajstić information content (AvgIpc) is 2.41. The number of amides is 2. The number of piperidine rings is 1. The van der Waals surface area contributed by atoms with E-state index in [-0.39, 0.29) is 0 Å². The third kappa shape index (κ3) is 3.64. The number of carbonyl (C=O) groups is 2. The minimum atomic E-state index is -0.878. The van der Waals surface area contributed by atoms with Crippen molar-refractivity contribution < 1.29 is 9.59 Å². The molecule has 1 fully saturated rings. The Kier molecular flexibility index (Phi) is 4.71. The fraction of sp³-hybridized carbons (Fsp3) is 0.385. The minimum Gasteiger partial charge on any atom is -0.361 e. The van der Waals surface area contributed by atoms with Crippen LogP contribution in [0.3, 0.4) is 0 Å². The number of nitrogens with zero attached hydrogens (tertiary/aromatic N) is 1. The Morgan fingerprint density at radius 1 is 1.26 bits per heavy atom. The van der Waals surface area contributed by atoms with Crippen molar-refractivity contribution in [3.8, 4) is 0 Å². The zero-order chi connectivity index (χ0) is 13.8. The van der Waals surface area contributed by atoms with Crippen molar-refractivity contribution in [2.45, 2.75) is 23.0 Å². The Morgan fingerprint density at radius 3 is 2.47 bits per heavy atom. The van der Waals surface area contributed by atoms with Gasteiger partial charge in [-0.25, -0.2) is 0 Å². The molecule has 2 amide bonds. The van der Waals surface area contributed by atoms with Crippen LogP contribution in [0.1, 0.15) is 12.8 Å². The Bertz CT molecular complexity index is 487. The van der Waals surface area contributed by atoms with Crippen LogP contribution in [-0.4, -0.2) is 35.1 Å². The lowest BCUT2D eigenvalue weighted by molar-refractivity contribution is -0.144. The normalized spacial score (nSPS) is 16.4. The van der Waals surface area contributed by atoms with Gasteiger partial charge in [0.15, 0.2) is 0 Å². The van der Waals surface area contributed by atoms with Crippen LogP contribution in [0.15, 0.2) is 29.2 Å². The fourth-order valence-electron chi connectivity index (χ4n) is 2.05. The molecule has 0 aromatic heterocycles. The summed E-state index contributed by atoms with van der Waals surface area (Å²) in [4.78, 5) is 24.8. The number of carbonyl (C=O) groups excluding carboxylic acids is 2. The molecule has 0 radical (unpaired) electrons. The summed E-state index contributed by atoms with van der Waals surface area (Å²) in [5.41, 5.74) is 4.99. The van der Waals surface area contributed by atoms with E-state index in [0.717, 1.165) is 22.8 Å². The van der Waals surface area contributed by atoms with Gasteiger partial charge in [-0.15, -0.1) is 11.8 Å². The van der Waals surface area contributed by atoms with Crippen molar-refractivity contribution in [1.82, 2.24) is 4.90 Å². The number of rotatable bonds is 2. The average molecular weight is 299 g/mol. The molecule has 6 heteroatoms. The predicted molar refractivity (Wildman–Crippen MR) is 76.1 cm³/mol. The van der Waals surface area contributed by atoms with E-state index in [1.165, 1.54) is 4.90 Å². The zero-order valence-corrected chi connectivity index (χ0v) is 11.9. The van der Waals surface area contributed by atoms with Crippen LogP contribution in [-0.2, 0) is 9.59 Å². The van der Waals surface area contributed by atoms with Crippen LogP contribution < -0.4 is 5.73 Å². The number of benzene rings is 1. The van der Waals surface area contributed by atoms with Gasteiger partial charge in [0.05, 0.1) is 5.02 Å². The molecule has 0 spiro atoms. The van der Waals surface area contributed by atoms with Gasteiger partial charge in [0.25, 0.3) is 0 Å². The van der Waals surface area contributed by atoms with E-state index in [0.29, 0.717) is 18.3 Å². The van der Waals surface area contributed by atoms with Gasteiger partial charge in [-0.2, -0.15) is 0 Å². The Balaban J connectivity index is 1.89. The van der Waals surface area contributed by atoms with Crippen molar-refractivity contribution >= 4 is 35.2 Å². The van der Waals surface area contributed by atoms with Gasteiger partial charge in [-0.1, -0.05) is 23.7 Å². The summed E-state index contributed by atoms with van der Waals surface area (Å²) < 4.78 is 0. The summed E-state index contributed by atoms with van der Waals surface area (Å²) in [6.07, 6.45) is 1.68. The Labute approximate surface area is 121 Å². The quantitative estimate of drug-likeness (QED) is 0.848. The molecule has 1 heterocycles. The van der Waals surface area contributed by atoms with Gasteiger partial charge >= 0.3 is 11.8 Å². The van der Waals surface area contributed by atoms with Crippen molar-refractivity contribution in [3.63, 3.8) is 0 Å². The van der Waals surface area contributed by atoms with E-state index < -0.39 is 11.8 Å². The van der Waals surface area contributed by atoms with Crippen molar-refractivity contribution in [2.24, 2.45) is 5.73 Å². The van der Waals surface area contributed by atoms with E-state index in [2.05, 4.69) is 0 Å². The third-order valence-electron chi connectivity index (χ3n) is 3.07. The topological polar surface area (TPSA) is 63.4 Å². The highest BCUT2D eigenvalue weighted by Crippen LogP contribution is 2.34.